The molecule has 8 heteroatoms. The van der Waals surface area contributed by atoms with E-state index in [1.54, 1.807) is 11.8 Å². The van der Waals surface area contributed by atoms with Gasteiger partial charge in [0.25, 0.3) is 0 Å². The molecule has 0 aliphatic carbocycles. The molecule has 1 aliphatic rings. The number of rotatable bonds is 3. The van der Waals surface area contributed by atoms with Gasteiger partial charge in [-0.25, -0.2) is 13.2 Å². The maximum absolute atomic E-state index is 12.6. The summed E-state index contributed by atoms with van der Waals surface area (Å²) in [5.74, 6) is 0.232. The van der Waals surface area contributed by atoms with E-state index >= 15 is 0 Å². The third kappa shape index (κ3) is 2.95. The van der Waals surface area contributed by atoms with Crippen LogP contribution in [0, 0.1) is 0 Å². The Kier molecular flexibility index (Phi) is 4.63. The monoisotopic (exact) mass is 335 g/mol. The molecule has 1 aromatic rings. The molecule has 0 amide bonds. The topological polar surface area (TPSA) is 74.7 Å². The average molecular weight is 336 g/mol. The SMILES string of the molecule is CC1CSCCN1S(=O)(=O)c1ccc(Cl)c(C(=O)O)c1. The predicted octanol–water partition coefficient (Wildman–Crippen LogP) is 2.16. The molecule has 1 aliphatic heterocycles. The van der Waals surface area contributed by atoms with Gasteiger partial charge in [-0.2, -0.15) is 16.1 Å². The number of nitrogens with zero attached hydrogens (tertiary/aromatic N) is 1. The van der Waals surface area contributed by atoms with Crippen LogP contribution in [0.3, 0.4) is 0 Å². The summed E-state index contributed by atoms with van der Waals surface area (Å²) in [6.07, 6.45) is 0. The molecular weight excluding hydrogens is 322 g/mol. The zero-order chi connectivity index (χ0) is 14.9. The number of sulfonamides is 1. The molecule has 1 atom stereocenters. The van der Waals surface area contributed by atoms with Crippen molar-refractivity contribution in [3.8, 4) is 0 Å². The number of hydrogen-bond donors (Lipinski definition) is 1. The van der Waals surface area contributed by atoms with E-state index in [4.69, 9.17) is 16.7 Å². The standard InChI is InChI=1S/C12H14ClNO4S2/c1-8-7-19-5-4-14(8)20(17,18)9-2-3-11(13)10(6-9)12(15)16/h2-3,6,8H,4-5,7H2,1H3,(H,15,16). The molecule has 1 fully saturated rings. The fraction of sp³-hybridized carbons (Fsp3) is 0.417. The van der Waals surface area contributed by atoms with Gasteiger partial charge in [-0.1, -0.05) is 11.6 Å². The first-order valence-corrected chi connectivity index (χ1v) is 8.93. The predicted molar refractivity (Wildman–Crippen MR) is 79.1 cm³/mol. The molecule has 1 saturated heterocycles. The van der Waals surface area contributed by atoms with E-state index < -0.39 is 16.0 Å². The summed E-state index contributed by atoms with van der Waals surface area (Å²) < 4.78 is 26.5. The average Bonchev–Trinajstić information content (AvgIpc) is 2.38. The number of aromatic carboxylic acids is 1. The van der Waals surface area contributed by atoms with Gasteiger partial charge in [0.1, 0.15) is 0 Å². The largest absolute Gasteiger partial charge is 0.478 e. The second-order valence-corrected chi connectivity index (χ2v) is 7.93. The number of hydrogen-bond acceptors (Lipinski definition) is 4. The van der Waals surface area contributed by atoms with Crippen LogP contribution in [0.25, 0.3) is 0 Å². The van der Waals surface area contributed by atoms with Crippen molar-refractivity contribution < 1.29 is 18.3 Å². The Morgan fingerprint density at radius 3 is 2.80 bits per heavy atom. The number of carboxylic acid groups (broad SMARTS) is 1. The molecule has 0 saturated carbocycles. The van der Waals surface area contributed by atoms with Crippen LogP contribution in [-0.2, 0) is 10.0 Å². The Labute approximate surface area is 127 Å². The van der Waals surface area contributed by atoms with E-state index in [0.717, 1.165) is 17.6 Å². The highest BCUT2D eigenvalue weighted by Crippen LogP contribution is 2.27. The Balaban J connectivity index is 2.44. The molecular formula is C12H14ClNO4S2. The third-order valence-electron chi connectivity index (χ3n) is 3.08. The molecule has 5 nitrogen and oxygen atoms in total. The minimum absolute atomic E-state index is 0.0266. The van der Waals surface area contributed by atoms with E-state index in [1.165, 1.54) is 16.4 Å². The second kappa shape index (κ2) is 5.93. The summed E-state index contributed by atoms with van der Waals surface area (Å²) in [5, 5.41) is 9.05. The van der Waals surface area contributed by atoms with Crippen molar-refractivity contribution >= 4 is 39.4 Å². The van der Waals surface area contributed by atoms with Crippen LogP contribution in [0.2, 0.25) is 5.02 Å². The Morgan fingerprint density at radius 2 is 2.20 bits per heavy atom. The van der Waals surface area contributed by atoms with E-state index in [0.29, 0.717) is 6.54 Å². The number of halogens is 1. The highest BCUT2D eigenvalue weighted by Gasteiger charge is 2.31. The highest BCUT2D eigenvalue weighted by atomic mass is 35.5. The quantitative estimate of drug-likeness (QED) is 0.916. The van der Waals surface area contributed by atoms with Crippen molar-refractivity contribution in [3.05, 3.63) is 28.8 Å². The lowest BCUT2D eigenvalue weighted by atomic mass is 10.2. The zero-order valence-electron chi connectivity index (χ0n) is 10.7. The first-order chi connectivity index (χ1) is 9.34. The van der Waals surface area contributed by atoms with Crippen LogP contribution < -0.4 is 0 Å². The van der Waals surface area contributed by atoms with Gasteiger partial charge in [0.2, 0.25) is 10.0 Å². The van der Waals surface area contributed by atoms with Crippen molar-refractivity contribution in [1.29, 1.82) is 0 Å². The molecule has 1 heterocycles. The summed E-state index contributed by atoms with van der Waals surface area (Å²) in [7, 11) is -3.69. The minimum Gasteiger partial charge on any atom is -0.478 e. The van der Waals surface area contributed by atoms with E-state index in [-0.39, 0.29) is 21.5 Å². The van der Waals surface area contributed by atoms with Gasteiger partial charge in [0, 0.05) is 24.1 Å². The summed E-state index contributed by atoms with van der Waals surface area (Å²) in [6, 6.07) is 3.66. The third-order valence-corrected chi connectivity index (χ3v) is 6.61. The summed E-state index contributed by atoms with van der Waals surface area (Å²) in [5.41, 5.74) is -0.202. The highest BCUT2D eigenvalue weighted by molar-refractivity contribution is 7.99. The molecule has 0 bridgehead atoms. The van der Waals surface area contributed by atoms with Crippen molar-refractivity contribution in [2.45, 2.75) is 17.9 Å². The number of thioether (sulfide) groups is 1. The Hall–Kier alpha value is -0.760. The van der Waals surface area contributed by atoms with E-state index in [2.05, 4.69) is 0 Å². The smallest absolute Gasteiger partial charge is 0.337 e. The van der Waals surface area contributed by atoms with Gasteiger partial charge in [-0.3, -0.25) is 0 Å². The van der Waals surface area contributed by atoms with Gasteiger partial charge in [-0.05, 0) is 25.1 Å². The normalized spacial score (nSPS) is 20.8. The fourth-order valence-electron chi connectivity index (χ4n) is 2.03. The molecule has 1 unspecified atom stereocenters. The second-order valence-electron chi connectivity index (χ2n) is 4.49. The minimum atomic E-state index is -3.69. The molecule has 20 heavy (non-hydrogen) atoms. The maximum atomic E-state index is 12.6. The van der Waals surface area contributed by atoms with Crippen molar-refractivity contribution in [2.75, 3.05) is 18.1 Å². The molecule has 0 spiro atoms. The number of carbonyl (C=O) groups is 1. The Morgan fingerprint density at radius 1 is 1.50 bits per heavy atom. The van der Waals surface area contributed by atoms with Gasteiger partial charge in [-0.15, -0.1) is 0 Å². The van der Waals surface area contributed by atoms with Gasteiger partial charge in [0.15, 0.2) is 0 Å². The summed E-state index contributed by atoms with van der Waals surface area (Å²) >= 11 is 7.47. The first-order valence-electron chi connectivity index (χ1n) is 5.96. The number of benzene rings is 1. The van der Waals surface area contributed by atoms with Crippen LogP contribution in [-0.4, -0.2) is 47.9 Å². The molecule has 0 aromatic heterocycles. The fourth-order valence-corrected chi connectivity index (χ4v) is 5.11. The van der Waals surface area contributed by atoms with Gasteiger partial charge < -0.3 is 5.11 Å². The lowest BCUT2D eigenvalue weighted by molar-refractivity contribution is 0.0697. The van der Waals surface area contributed by atoms with Crippen LogP contribution in [0.15, 0.2) is 23.1 Å². The van der Waals surface area contributed by atoms with E-state index in [9.17, 15) is 13.2 Å². The summed E-state index contributed by atoms with van der Waals surface area (Å²) in [4.78, 5) is 11.0. The van der Waals surface area contributed by atoms with Crippen LogP contribution in [0.5, 0.6) is 0 Å². The van der Waals surface area contributed by atoms with Crippen LogP contribution >= 0.6 is 23.4 Å². The van der Waals surface area contributed by atoms with Gasteiger partial charge in [0.05, 0.1) is 15.5 Å². The van der Waals surface area contributed by atoms with Crippen molar-refractivity contribution in [1.82, 2.24) is 4.31 Å². The number of carboxylic acids is 1. The van der Waals surface area contributed by atoms with Crippen molar-refractivity contribution in [2.24, 2.45) is 0 Å². The lowest BCUT2D eigenvalue weighted by Crippen LogP contribution is -2.44. The maximum Gasteiger partial charge on any atom is 0.337 e. The van der Waals surface area contributed by atoms with Crippen LogP contribution in [0.1, 0.15) is 17.3 Å². The molecule has 110 valence electrons. The summed E-state index contributed by atoms with van der Waals surface area (Å²) in [6.45, 7) is 2.27. The lowest BCUT2D eigenvalue weighted by Gasteiger charge is -2.32. The Bertz CT molecular complexity index is 632. The molecule has 1 aromatic carbocycles. The molecule has 0 radical (unpaired) electrons. The van der Waals surface area contributed by atoms with E-state index in [1.807, 2.05) is 6.92 Å². The van der Waals surface area contributed by atoms with Gasteiger partial charge >= 0.3 is 5.97 Å². The molecule has 2 rings (SSSR count). The zero-order valence-corrected chi connectivity index (χ0v) is 13.1. The van der Waals surface area contributed by atoms with Crippen molar-refractivity contribution in [3.63, 3.8) is 0 Å². The van der Waals surface area contributed by atoms with Crippen LogP contribution in [0.4, 0.5) is 0 Å². The first kappa shape index (κ1) is 15.6. The molecule has 1 N–H and O–H groups in total.